The topological polar surface area (TPSA) is 34.2 Å². The zero-order valence-corrected chi connectivity index (χ0v) is 10.6. The third-order valence-corrected chi connectivity index (χ3v) is 3.09. The summed E-state index contributed by atoms with van der Waals surface area (Å²) in [6.45, 7) is 0.805. The van der Waals surface area contributed by atoms with Gasteiger partial charge in [0.25, 0.3) is 0 Å². The average molecular weight is 270 g/mol. The van der Waals surface area contributed by atoms with Crippen molar-refractivity contribution in [3.05, 3.63) is 45.9 Å². The maximum absolute atomic E-state index is 13.3. The molecule has 0 spiro atoms. The lowest BCUT2D eigenvalue weighted by Gasteiger charge is -2.05. The van der Waals surface area contributed by atoms with E-state index >= 15 is 0 Å². The summed E-state index contributed by atoms with van der Waals surface area (Å²) < 4.78 is 31.4. The van der Waals surface area contributed by atoms with Crippen molar-refractivity contribution in [1.82, 2.24) is 10.3 Å². The number of thiazole rings is 1. The molecule has 0 amide bonds. The first-order chi connectivity index (χ1) is 8.69. The van der Waals surface area contributed by atoms with Gasteiger partial charge < -0.3 is 10.1 Å². The molecule has 1 aromatic carbocycles. The van der Waals surface area contributed by atoms with Crippen LogP contribution in [0.15, 0.2) is 23.6 Å². The fraction of sp³-hybridized carbons (Fsp3) is 0.250. The number of nitrogens with one attached hydrogen (secondary N) is 1. The molecule has 0 unspecified atom stereocenters. The van der Waals surface area contributed by atoms with E-state index in [1.165, 1.54) is 11.3 Å². The molecule has 0 atom stereocenters. The lowest BCUT2D eigenvalue weighted by atomic mass is 10.3. The Balaban J connectivity index is 1.99. The monoisotopic (exact) mass is 270 g/mol. The molecule has 1 heterocycles. The number of halogens is 2. The lowest BCUT2D eigenvalue weighted by Crippen LogP contribution is -2.05. The normalized spacial score (nSPS) is 10.6. The minimum Gasteiger partial charge on any atom is -0.484 e. The van der Waals surface area contributed by atoms with Crippen molar-refractivity contribution in [3.63, 3.8) is 0 Å². The highest BCUT2D eigenvalue weighted by Crippen LogP contribution is 2.19. The van der Waals surface area contributed by atoms with E-state index in [1.807, 2.05) is 12.4 Å². The predicted molar refractivity (Wildman–Crippen MR) is 65.6 cm³/mol. The van der Waals surface area contributed by atoms with Crippen LogP contribution in [0.3, 0.4) is 0 Å². The van der Waals surface area contributed by atoms with E-state index in [-0.39, 0.29) is 12.4 Å². The summed E-state index contributed by atoms with van der Waals surface area (Å²) >= 11 is 1.50. The number of rotatable bonds is 5. The molecule has 0 saturated heterocycles. The third-order valence-electron chi connectivity index (χ3n) is 2.20. The van der Waals surface area contributed by atoms with Gasteiger partial charge in [-0.25, -0.2) is 13.8 Å². The molecule has 18 heavy (non-hydrogen) atoms. The van der Waals surface area contributed by atoms with Gasteiger partial charge in [0.15, 0.2) is 11.6 Å². The van der Waals surface area contributed by atoms with Crippen molar-refractivity contribution < 1.29 is 13.5 Å². The van der Waals surface area contributed by atoms with Crippen LogP contribution in [0.25, 0.3) is 0 Å². The molecular formula is C12H12F2N2OS. The van der Waals surface area contributed by atoms with E-state index in [1.54, 1.807) is 0 Å². The lowest BCUT2D eigenvalue weighted by molar-refractivity contribution is 0.284. The molecule has 0 bridgehead atoms. The van der Waals surface area contributed by atoms with Crippen molar-refractivity contribution in [2.75, 3.05) is 7.05 Å². The van der Waals surface area contributed by atoms with Gasteiger partial charge in [-0.05, 0) is 19.2 Å². The van der Waals surface area contributed by atoms with E-state index in [4.69, 9.17) is 4.74 Å². The molecule has 0 aliphatic heterocycles. The molecule has 0 aliphatic carbocycles. The average Bonchev–Trinajstić information content (AvgIpc) is 2.79. The second-order valence-electron chi connectivity index (χ2n) is 3.63. The Morgan fingerprint density at radius 3 is 3.00 bits per heavy atom. The van der Waals surface area contributed by atoms with E-state index in [2.05, 4.69) is 10.3 Å². The van der Waals surface area contributed by atoms with Crippen molar-refractivity contribution in [2.45, 2.75) is 13.2 Å². The molecule has 96 valence electrons. The molecule has 0 radical (unpaired) electrons. The van der Waals surface area contributed by atoms with Crippen molar-refractivity contribution in [1.29, 1.82) is 0 Å². The zero-order valence-electron chi connectivity index (χ0n) is 9.74. The van der Waals surface area contributed by atoms with Crippen molar-refractivity contribution >= 4 is 11.3 Å². The van der Waals surface area contributed by atoms with Gasteiger partial charge in [0, 0.05) is 18.0 Å². The minimum absolute atomic E-state index is 0.0989. The second-order valence-corrected chi connectivity index (χ2v) is 4.57. The molecule has 2 rings (SSSR count). The van der Waals surface area contributed by atoms with Crippen LogP contribution in [0, 0.1) is 11.6 Å². The maximum Gasteiger partial charge on any atom is 0.165 e. The standard InChI is InChI=1S/C12H12F2N2OS/c1-15-5-12-16-9(7-18-12)6-17-11-4-8(13)2-3-10(11)14/h2-4,7,15H,5-6H2,1H3. The van der Waals surface area contributed by atoms with Crippen LogP contribution in [0.2, 0.25) is 0 Å². The largest absolute Gasteiger partial charge is 0.484 e. The number of aromatic nitrogens is 1. The Kier molecular flexibility index (Phi) is 4.22. The summed E-state index contributed by atoms with van der Waals surface area (Å²) in [6.07, 6.45) is 0. The van der Waals surface area contributed by atoms with Crippen LogP contribution >= 0.6 is 11.3 Å². The number of nitrogens with zero attached hydrogens (tertiary/aromatic N) is 1. The molecule has 0 aliphatic rings. The summed E-state index contributed by atoms with van der Waals surface area (Å²) in [5, 5.41) is 5.75. The zero-order chi connectivity index (χ0) is 13.0. The van der Waals surface area contributed by atoms with E-state index in [9.17, 15) is 8.78 Å². The summed E-state index contributed by atoms with van der Waals surface area (Å²) in [6, 6.07) is 3.12. The highest BCUT2D eigenvalue weighted by molar-refractivity contribution is 7.09. The van der Waals surface area contributed by atoms with Gasteiger partial charge in [-0.3, -0.25) is 0 Å². The number of ether oxygens (including phenoxy) is 1. The molecule has 0 fully saturated rings. The highest BCUT2D eigenvalue weighted by Gasteiger charge is 2.07. The first kappa shape index (κ1) is 12.9. The van der Waals surface area contributed by atoms with E-state index < -0.39 is 11.6 Å². The van der Waals surface area contributed by atoms with Crippen LogP contribution < -0.4 is 10.1 Å². The maximum atomic E-state index is 13.3. The SMILES string of the molecule is CNCc1nc(COc2cc(F)ccc2F)cs1. The van der Waals surface area contributed by atoms with Crippen molar-refractivity contribution in [3.8, 4) is 5.75 Å². The van der Waals surface area contributed by atoms with Crippen LogP contribution in [0.5, 0.6) is 5.75 Å². The molecule has 3 nitrogen and oxygen atoms in total. The number of benzene rings is 1. The summed E-state index contributed by atoms with van der Waals surface area (Å²) in [7, 11) is 1.83. The first-order valence-corrected chi connectivity index (χ1v) is 6.22. The van der Waals surface area contributed by atoms with Gasteiger partial charge in [0.1, 0.15) is 17.4 Å². The van der Waals surface area contributed by atoms with Crippen LogP contribution in [0.4, 0.5) is 8.78 Å². The van der Waals surface area contributed by atoms with Gasteiger partial charge >= 0.3 is 0 Å². The summed E-state index contributed by atoms with van der Waals surface area (Å²) in [4.78, 5) is 4.28. The summed E-state index contributed by atoms with van der Waals surface area (Å²) in [5.41, 5.74) is 0.703. The van der Waals surface area contributed by atoms with Gasteiger partial charge in [0.05, 0.1) is 5.69 Å². The molecule has 2 aromatic rings. The Morgan fingerprint density at radius 1 is 1.39 bits per heavy atom. The molecular weight excluding hydrogens is 258 g/mol. The van der Waals surface area contributed by atoms with E-state index in [0.717, 1.165) is 23.2 Å². The minimum atomic E-state index is -0.581. The molecule has 0 saturated carbocycles. The Bertz CT molecular complexity index is 531. The fourth-order valence-electron chi connectivity index (χ4n) is 1.39. The molecule has 1 N–H and O–H groups in total. The van der Waals surface area contributed by atoms with Gasteiger partial charge in [-0.1, -0.05) is 0 Å². The van der Waals surface area contributed by atoms with Crippen LogP contribution in [0.1, 0.15) is 10.7 Å². The van der Waals surface area contributed by atoms with Crippen LogP contribution in [-0.4, -0.2) is 12.0 Å². The Morgan fingerprint density at radius 2 is 2.22 bits per heavy atom. The number of hydrogen-bond acceptors (Lipinski definition) is 4. The van der Waals surface area contributed by atoms with Gasteiger partial charge in [-0.15, -0.1) is 11.3 Å². The molecule has 6 heteroatoms. The van der Waals surface area contributed by atoms with E-state index in [0.29, 0.717) is 12.2 Å². The summed E-state index contributed by atoms with van der Waals surface area (Å²) in [5.74, 6) is -1.21. The third kappa shape index (κ3) is 3.24. The first-order valence-electron chi connectivity index (χ1n) is 5.35. The van der Waals surface area contributed by atoms with Crippen molar-refractivity contribution in [2.24, 2.45) is 0 Å². The number of hydrogen-bond donors (Lipinski definition) is 1. The Hall–Kier alpha value is -1.53. The van der Waals surface area contributed by atoms with Crippen LogP contribution in [-0.2, 0) is 13.2 Å². The Labute approximate surface area is 107 Å². The molecule has 1 aromatic heterocycles. The van der Waals surface area contributed by atoms with Gasteiger partial charge in [-0.2, -0.15) is 0 Å². The highest BCUT2D eigenvalue weighted by atomic mass is 32.1. The second kappa shape index (κ2) is 5.88. The predicted octanol–water partition coefficient (Wildman–Crippen LogP) is 2.72. The smallest absolute Gasteiger partial charge is 0.165 e. The fourth-order valence-corrected chi connectivity index (χ4v) is 2.18. The van der Waals surface area contributed by atoms with Gasteiger partial charge in [0.2, 0.25) is 0 Å². The quantitative estimate of drug-likeness (QED) is 0.907.